The molecule has 3 rings (SSSR count). The van der Waals surface area contributed by atoms with E-state index in [-0.39, 0.29) is 0 Å². The lowest BCUT2D eigenvalue weighted by Gasteiger charge is -2.08. The van der Waals surface area contributed by atoms with Crippen molar-refractivity contribution in [3.05, 3.63) is 70.3 Å². The summed E-state index contributed by atoms with van der Waals surface area (Å²) >= 11 is 3.53. The zero-order chi connectivity index (χ0) is 17.5. The number of nitrogens with zero attached hydrogens (tertiary/aromatic N) is 3. The standard InChI is InChI=1S/C19H20BrN5/c1-14-9-10-16(12-17(14)20)23-19-24-18(13-22-25-19)21-11-5-8-15-6-3-2-4-7-15/h2-4,6-7,9-10,12-13H,5,8,11H2,1H3,(H2,21,23,24,25). The number of halogens is 1. The molecule has 1 heterocycles. The van der Waals surface area contributed by atoms with Gasteiger partial charge in [-0.15, -0.1) is 5.10 Å². The van der Waals surface area contributed by atoms with Crippen molar-refractivity contribution in [2.45, 2.75) is 19.8 Å². The second-order valence-corrected chi connectivity index (χ2v) is 6.62. The molecule has 0 aliphatic rings. The maximum absolute atomic E-state index is 4.45. The van der Waals surface area contributed by atoms with Crippen LogP contribution in [-0.4, -0.2) is 21.7 Å². The summed E-state index contributed by atoms with van der Waals surface area (Å²) in [6.07, 6.45) is 3.70. The van der Waals surface area contributed by atoms with E-state index < -0.39 is 0 Å². The zero-order valence-corrected chi connectivity index (χ0v) is 15.6. The van der Waals surface area contributed by atoms with Gasteiger partial charge in [0.1, 0.15) is 0 Å². The maximum atomic E-state index is 4.45. The van der Waals surface area contributed by atoms with Gasteiger partial charge in [0, 0.05) is 16.7 Å². The summed E-state index contributed by atoms with van der Waals surface area (Å²) in [6, 6.07) is 16.5. The average molecular weight is 398 g/mol. The molecule has 0 amide bonds. The Morgan fingerprint density at radius 3 is 2.72 bits per heavy atom. The second-order valence-electron chi connectivity index (χ2n) is 5.77. The first-order valence-corrected chi connectivity index (χ1v) is 9.01. The van der Waals surface area contributed by atoms with Crippen LogP contribution in [-0.2, 0) is 6.42 Å². The first-order chi connectivity index (χ1) is 12.2. The van der Waals surface area contributed by atoms with E-state index in [1.807, 2.05) is 31.2 Å². The fourth-order valence-corrected chi connectivity index (χ4v) is 2.77. The van der Waals surface area contributed by atoms with Gasteiger partial charge in [0.05, 0.1) is 6.20 Å². The van der Waals surface area contributed by atoms with E-state index in [0.29, 0.717) is 5.95 Å². The molecule has 0 fully saturated rings. The molecule has 3 aromatic rings. The minimum absolute atomic E-state index is 0.476. The summed E-state index contributed by atoms with van der Waals surface area (Å²) in [4.78, 5) is 4.45. The van der Waals surface area contributed by atoms with Gasteiger partial charge in [0.2, 0.25) is 5.95 Å². The Balaban J connectivity index is 1.53. The number of anilines is 3. The van der Waals surface area contributed by atoms with Crippen LogP contribution in [0.25, 0.3) is 0 Å². The molecule has 0 aliphatic heterocycles. The number of benzene rings is 2. The van der Waals surface area contributed by atoms with Crippen LogP contribution in [0, 0.1) is 6.92 Å². The molecule has 0 unspecified atom stereocenters. The fraction of sp³-hybridized carbons (Fsp3) is 0.211. The molecule has 128 valence electrons. The minimum atomic E-state index is 0.476. The summed E-state index contributed by atoms with van der Waals surface area (Å²) in [5.74, 6) is 1.19. The highest BCUT2D eigenvalue weighted by atomic mass is 79.9. The van der Waals surface area contributed by atoms with Crippen molar-refractivity contribution in [1.82, 2.24) is 15.2 Å². The van der Waals surface area contributed by atoms with E-state index >= 15 is 0 Å². The normalized spacial score (nSPS) is 10.5. The van der Waals surface area contributed by atoms with Crippen LogP contribution < -0.4 is 10.6 Å². The molecule has 0 saturated heterocycles. The Morgan fingerprint density at radius 2 is 1.92 bits per heavy atom. The average Bonchev–Trinajstić information content (AvgIpc) is 2.63. The van der Waals surface area contributed by atoms with Crippen LogP contribution in [0.2, 0.25) is 0 Å². The van der Waals surface area contributed by atoms with Gasteiger partial charge >= 0.3 is 0 Å². The molecular weight excluding hydrogens is 378 g/mol. The third kappa shape index (κ3) is 5.26. The van der Waals surface area contributed by atoms with Crippen molar-refractivity contribution in [3.8, 4) is 0 Å². The Kier molecular flexibility index (Phi) is 5.95. The van der Waals surface area contributed by atoms with Gasteiger partial charge in [0.15, 0.2) is 5.82 Å². The molecule has 0 atom stereocenters. The van der Waals surface area contributed by atoms with E-state index in [4.69, 9.17) is 0 Å². The molecule has 0 bridgehead atoms. The Morgan fingerprint density at radius 1 is 1.08 bits per heavy atom. The van der Waals surface area contributed by atoms with Crippen LogP contribution in [0.5, 0.6) is 0 Å². The van der Waals surface area contributed by atoms with Crippen LogP contribution in [0.4, 0.5) is 17.5 Å². The van der Waals surface area contributed by atoms with Gasteiger partial charge < -0.3 is 10.6 Å². The molecule has 25 heavy (non-hydrogen) atoms. The van der Waals surface area contributed by atoms with Crippen molar-refractivity contribution in [3.63, 3.8) is 0 Å². The molecule has 1 aromatic heterocycles. The van der Waals surface area contributed by atoms with E-state index in [1.54, 1.807) is 6.20 Å². The van der Waals surface area contributed by atoms with Gasteiger partial charge in [0.25, 0.3) is 0 Å². The topological polar surface area (TPSA) is 62.7 Å². The first kappa shape index (κ1) is 17.4. The van der Waals surface area contributed by atoms with Crippen LogP contribution in [0.15, 0.2) is 59.2 Å². The van der Waals surface area contributed by atoms with E-state index in [1.165, 1.54) is 11.1 Å². The van der Waals surface area contributed by atoms with Gasteiger partial charge in [-0.1, -0.05) is 52.3 Å². The largest absolute Gasteiger partial charge is 0.369 e. The van der Waals surface area contributed by atoms with Gasteiger partial charge in [-0.25, -0.2) is 0 Å². The Hall–Kier alpha value is -2.47. The van der Waals surface area contributed by atoms with Gasteiger partial charge in [-0.2, -0.15) is 10.1 Å². The third-order valence-corrected chi connectivity index (χ3v) is 4.63. The van der Waals surface area contributed by atoms with Crippen LogP contribution in [0.1, 0.15) is 17.5 Å². The highest BCUT2D eigenvalue weighted by molar-refractivity contribution is 9.10. The van der Waals surface area contributed by atoms with Crippen LogP contribution in [0.3, 0.4) is 0 Å². The highest BCUT2D eigenvalue weighted by Crippen LogP contribution is 2.22. The summed E-state index contributed by atoms with van der Waals surface area (Å²) in [6.45, 7) is 2.88. The van der Waals surface area contributed by atoms with Crippen molar-refractivity contribution in [2.75, 3.05) is 17.2 Å². The number of rotatable bonds is 7. The molecule has 0 saturated carbocycles. The summed E-state index contributed by atoms with van der Waals surface area (Å²) in [7, 11) is 0. The van der Waals surface area contributed by atoms with Crippen LogP contribution >= 0.6 is 15.9 Å². The number of hydrogen-bond donors (Lipinski definition) is 2. The lowest BCUT2D eigenvalue weighted by Crippen LogP contribution is -2.07. The SMILES string of the molecule is Cc1ccc(Nc2nncc(NCCCc3ccccc3)n2)cc1Br. The number of aromatic nitrogens is 3. The summed E-state index contributed by atoms with van der Waals surface area (Å²) < 4.78 is 1.04. The van der Waals surface area contributed by atoms with Crippen molar-refractivity contribution < 1.29 is 0 Å². The molecule has 0 spiro atoms. The second kappa shape index (κ2) is 8.58. The Labute approximate surface area is 156 Å². The lowest BCUT2D eigenvalue weighted by atomic mass is 10.1. The van der Waals surface area contributed by atoms with E-state index in [2.05, 4.69) is 66.0 Å². The molecular formula is C19H20BrN5. The van der Waals surface area contributed by atoms with Crippen molar-refractivity contribution >= 4 is 33.4 Å². The minimum Gasteiger partial charge on any atom is -0.369 e. The number of aryl methyl sites for hydroxylation is 2. The van der Waals surface area contributed by atoms with E-state index in [9.17, 15) is 0 Å². The molecule has 0 radical (unpaired) electrons. The zero-order valence-electron chi connectivity index (χ0n) is 14.0. The van der Waals surface area contributed by atoms with Gasteiger partial charge in [-0.05, 0) is 43.0 Å². The van der Waals surface area contributed by atoms with Gasteiger partial charge in [-0.3, -0.25) is 0 Å². The first-order valence-electron chi connectivity index (χ1n) is 8.21. The monoisotopic (exact) mass is 397 g/mol. The van der Waals surface area contributed by atoms with Crippen molar-refractivity contribution in [1.29, 1.82) is 0 Å². The highest BCUT2D eigenvalue weighted by Gasteiger charge is 2.03. The van der Waals surface area contributed by atoms with Crippen molar-refractivity contribution in [2.24, 2.45) is 0 Å². The third-order valence-electron chi connectivity index (χ3n) is 3.78. The predicted molar refractivity (Wildman–Crippen MR) is 105 cm³/mol. The predicted octanol–water partition coefficient (Wildman–Crippen LogP) is 4.73. The maximum Gasteiger partial charge on any atom is 0.249 e. The molecule has 5 nitrogen and oxygen atoms in total. The molecule has 2 aromatic carbocycles. The quantitative estimate of drug-likeness (QED) is 0.564. The Bertz CT molecular complexity index is 823. The van der Waals surface area contributed by atoms with E-state index in [0.717, 1.165) is 35.4 Å². The molecule has 6 heteroatoms. The fourth-order valence-electron chi connectivity index (χ4n) is 2.40. The summed E-state index contributed by atoms with van der Waals surface area (Å²) in [5.41, 5.74) is 3.44. The molecule has 0 aliphatic carbocycles. The smallest absolute Gasteiger partial charge is 0.249 e. The molecule has 2 N–H and O–H groups in total. The lowest BCUT2D eigenvalue weighted by molar-refractivity contribution is 0.853. The summed E-state index contributed by atoms with van der Waals surface area (Å²) in [5, 5.41) is 14.5. The number of hydrogen-bond acceptors (Lipinski definition) is 5. The number of nitrogens with one attached hydrogen (secondary N) is 2.